The minimum Gasteiger partial charge on any atom is -0.467 e. The molecule has 0 N–H and O–H groups in total. The van der Waals surface area contributed by atoms with Crippen LogP contribution in [0.3, 0.4) is 0 Å². The first-order valence-electron chi connectivity index (χ1n) is 10.0. The highest BCUT2D eigenvalue weighted by Crippen LogP contribution is 2.17. The number of non-ortho nitro benzene ring substituents is 1. The first-order valence-corrected chi connectivity index (χ1v) is 10.0. The number of carbonyl (C=O) groups excluding carboxylic acids is 2. The number of benzene rings is 1. The molecule has 1 fully saturated rings. The molecule has 0 bridgehead atoms. The lowest BCUT2D eigenvalue weighted by molar-refractivity contribution is -0.384. The molecule has 9 nitrogen and oxygen atoms in total. The average molecular weight is 427 g/mol. The molecule has 0 spiro atoms. The third kappa shape index (κ3) is 6.02. The summed E-state index contributed by atoms with van der Waals surface area (Å²) in [6, 6.07) is 8.84. The van der Waals surface area contributed by atoms with Gasteiger partial charge in [0.2, 0.25) is 5.91 Å². The second-order valence-electron chi connectivity index (χ2n) is 7.27. The molecule has 2 heterocycles. The molecule has 9 heteroatoms. The van der Waals surface area contributed by atoms with E-state index in [0.29, 0.717) is 18.9 Å². The van der Waals surface area contributed by atoms with Crippen molar-refractivity contribution < 1.29 is 23.7 Å². The van der Waals surface area contributed by atoms with Crippen LogP contribution in [0.5, 0.6) is 0 Å². The summed E-state index contributed by atoms with van der Waals surface area (Å²) in [6.07, 6.45) is 4.87. The van der Waals surface area contributed by atoms with Crippen LogP contribution in [0.25, 0.3) is 0 Å². The number of nitrogens with zero attached hydrogens (tertiary/aromatic N) is 3. The summed E-state index contributed by atoms with van der Waals surface area (Å²) < 4.78 is 11.1. The highest BCUT2D eigenvalue weighted by Gasteiger charge is 2.26. The van der Waals surface area contributed by atoms with Crippen molar-refractivity contribution in [1.29, 1.82) is 0 Å². The number of furan rings is 1. The van der Waals surface area contributed by atoms with Gasteiger partial charge in [-0.25, -0.2) is 0 Å². The fraction of sp³-hybridized carbons (Fsp3) is 0.364. The normalized spacial score (nSPS) is 15.4. The number of carbonyl (C=O) groups is 2. The van der Waals surface area contributed by atoms with Crippen molar-refractivity contribution in [3.63, 3.8) is 0 Å². The molecular weight excluding hydrogens is 402 g/mol. The van der Waals surface area contributed by atoms with Gasteiger partial charge >= 0.3 is 0 Å². The highest BCUT2D eigenvalue weighted by molar-refractivity contribution is 5.96. The molecule has 2 amide bonds. The average Bonchev–Trinajstić information content (AvgIpc) is 3.47. The number of nitro benzene ring substituents is 1. The zero-order valence-electron chi connectivity index (χ0n) is 17.1. The van der Waals surface area contributed by atoms with Crippen molar-refractivity contribution in [1.82, 2.24) is 9.80 Å². The molecule has 3 rings (SSSR count). The van der Waals surface area contributed by atoms with E-state index in [2.05, 4.69) is 6.58 Å². The third-order valence-corrected chi connectivity index (χ3v) is 5.02. The van der Waals surface area contributed by atoms with Crippen LogP contribution in [0.1, 0.15) is 29.0 Å². The van der Waals surface area contributed by atoms with Gasteiger partial charge in [0.15, 0.2) is 0 Å². The molecule has 0 radical (unpaired) electrons. The molecular formula is C22H25N3O6. The van der Waals surface area contributed by atoms with E-state index in [1.807, 2.05) is 0 Å². The van der Waals surface area contributed by atoms with E-state index in [0.717, 1.165) is 12.8 Å². The van der Waals surface area contributed by atoms with Crippen LogP contribution in [-0.2, 0) is 16.1 Å². The maximum atomic E-state index is 13.1. The Balaban J connectivity index is 1.72. The summed E-state index contributed by atoms with van der Waals surface area (Å²) in [5.41, 5.74) is 0.154. The molecule has 2 aromatic rings. The van der Waals surface area contributed by atoms with Crippen LogP contribution in [0.4, 0.5) is 5.69 Å². The van der Waals surface area contributed by atoms with E-state index in [9.17, 15) is 19.7 Å². The van der Waals surface area contributed by atoms with E-state index >= 15 is 0 Å². The monoisotopic (exact) mass is 427 g/mol. The predicted octanol–water partition coefficient (Wildman–Crippen LogP) is 3.02. The molecule has 1 aliphatic rings. The predicted molar refractivity (Wildman–Crippen MR) is 112 cm³/mol. The third-order valence-electron chi connectivity index (χ3n) is 5.02. The first kappa shape index (κ1) is 22.2. The van der Waals surface area contributed by atoms with Crippen molar-refractivity contribution in [3.05, 3.63) is 76.8 Å². The van der Waals surface area contributed by atoms with Gasteiger partial charge in [0.1, 0.15) is 12.3 Å². The molecule has 31 heavy (non-hydrogen) atoms. The summed E-state index contributed by atoms with van der Waals surface area (Å²) in [5.74, 6) is -0.00876. The van der Waals surface area contributed by atoms with E-state index in [4.69, 9.17) is 9.15 Å². The maximum Gasteiger partial charge on any atom is 0.269 e. The molecule has 1 aliphatic heterocycles. The molecule has 0 saturated carbocycles. The van der Waals surface area contributed by atoms with E-state index in [-0.39, 0.29) is 42.9 Å². The topological polar surface area (TPSA) is 106 Å². The molecule has 1 aromatic carbocycles. The number of hydrogen-bond donors (Lipinski definition) is 0. The Morgan fingerprint density at radius 2 is 2.00 bits per heavy atom. The largest absolute Gasteiger partial charge is 0.467 e. The summed E-state index contributed by atoms with van der Waals surface area (Å²) in [5, 5.41) is 10.8. The number of ether oxygens (including phenoxy) is 1. The van der Waals surface area contributed by atoms with Crippen molar-refractivity contribution in [2.45, 2.75) is 25.5 Å². The Bertz CT molecular complexity index is 904. The van der Waals surface area contributed by atoms with Gasteiger partial charge in [-0.2, -0.15) is 0 Å². The lowest BCUT2D eigenvalue weighted by Gasteiger charge is -2.28. The van der Waals surface area contributed by atoms with Crippen LogP contribution in [-0.4, -0.2) is 58.9 Å². The second kappa shape index (κ2) is 10.5. The van der Waals surface area contributed by atoms with Gasteiger partial charge < -0.3 is 19.0 Å². The quantitative estimate of drug-likeness (QED) is 0.328. The summed E-state index contributed by atoms with van der Waals surface area (Å²) in [4.78, 5) is 39.4. The zero-order chi connectivity index (χ0) is 22.2. The molecule has 1 atom stereocenters. The highest BCUT2D eigenvalue weighted by atomic mass is 16.6. The molecule has 1 aromatic heterocycles. The SMILES string of the molecule is C=CCN(CC(=O)N(Cc1ccco1)C[C@H]1CCCO1)C(=O)c1ccc([N+](=O)[O-])cc1. The molecule has 0 unspecified atom stereocenters. The Labute approximate surface area is 180 Å². The standard InChI is InChI=1S/C22H25N3O6/c1-2-11-23(22(27)17-7-9-18(10-8-17)25(28)29)16-21(26)24(14-19-5-3-12-30-19)15-20-6-4-13-31-20/h2-3,5,7-10,12,20H,1,4,6,11,13-16H2/t20-/m1/s1. The van der Waals surface area contributed by atoms with Crippen molar-refractivity contribution in [2.24, 2.45) is 0 Å². The number of nitro groups is 1. The number of rotatable bonds is 10. The van der Waals surface area contributed by atoms with Gasteiger partial charge in [-0.05, 0) is 37.1 Å². The van der Waals surface area contributed by atoms with Crippen LogP contribution in [0.2, 0.25) is 0 Å². The number of amides is 2. The van der Waals surface area contributed by atoms with Gasteiger partial charge in [-0.3, -0.25) is 19.7 Å². The fourth-order valence-corrected chi connectivity index (χ4v) is 3.43. The Morgan fingerprint density at radius 3 is 2.58 bits per heavy atom. The van der Waals surface area contributed by atoms with Crippen LogP contribution in [0.15, 0.2) is 59.7 Å². The lowest BCUT2D eigenvalue weighted by atomic mass is 10.1. The first-order chi connectivity index (χ1) is 15.0. The van der Waals surface area contributed by atoms with Crippen molar-refractivity contribution in [3.8, 4) is 0 Å². The van der Waals surface area contributed by atoms with Gasteiger partial charge in [-0.1, -0.05) is 6.08 Å². The summed E-state index contributed by atoms with van der Waals surface area (Å²) in [6.45, 7) is 5.03. The molecule has 164 valence electrons. The van der Waals surface area contributed by atoms with E-state index < -0.39 is 10.8 Å². The molecule has 1 saturated heterocycles. The minimum atomic E-state index is -0.531. The van der Waals surface area contributed by atoms with Crippen molar-refractivity contribution >= 4 is 17.5 Å². The maximum absolute atomic E-state index is 13.1. The fourth-order valence-electron chi connectivity index (χ4n) is 3.43. The Kier molecular flexibility index (Phi) is 7.55. The van der Waals surface area contributed by atoms with Crippen LogP contribution >= 0.6 is 0 Å². The lowest BCUT2D eigenvalue weighted by Crippen LogP contribution is -2.45. The van der Waals surface area contributed by atoms with E-state index in [1.165, 1.54) is 35.2 Å². The zero-order valence-corrected chi connectivity index (χ0v) is 17.1. The van der Waals surface area contributed by atoms with Crippen molar-refractivity contribution in [2.75, 3.05) is 26.2 Å². The smallest absolute Gasteiger partial charge is 0.269 e. The number of hydrogen-bond acceptors (Lipinski definition) is 6. The Morgan fingerprint density at radius 1 is 1.23 bits per heavy atom. The van der Waals surface area contributed by atoms with Gasteiger partial charge in [0.05, 0.1) is 23.8 Å². The van der Waals surface area contributed by atoms with E-state index in [1.54, 1.807) is 23.3 Å². The summed E-state index contributed by atoms with van der Waals surface area (Å²) in [7, 11) is 0. The molecule has 0 aliphatic carbocycles. The van der Waals surface area contributed by atoms with Crippen LogP contribution < -0.4 is 0 Å². The van der Waals surface area contributed by atoms with Gasteiger partial charge in [0.25, 0.3) is 11.6 Å². The minimum absolute atomic E-state index is 0.0443. The second-order valence-corrected chi connectivity index (χ2v) is 7.27. The Hall–Kier alpha value is -3.46. The van der Waals surface area contributed by atoms with Gasteiger partial charge in [-0.15, -0.1) is 6.58 Å². The van der Waals surface area contributed by atoms with Gasteiger partial charge in [0, 0.05) is 37.4 Å². The van der Waals surface area contributed by atoms with Crippen LogP contribution in [0, 0.1) is 10.1 Å². The summed E-state index contributed by atoms with van der Waals surface area (Å²) >= 11 is 0.